The van der Waals surface area contributed by atoms with Crippen LogP contribution in [0.15, 0.2) is 147 Å². The van der Waals surface area contributed by atoms with Crippen molar-refractivity contribution < 1.29 is 33.7 Å². The number of aliphatic hydroxyl groups is 1. The molecule has 1 unspecified atom stereocenters. The zero-order chi connectivity index (χ0) is 92.4. The third kappa shape index (κ3) is 20.3. The summed E-state index contributed by atoms with van der Waals surface area (Å²) < 4.78 is 18.8. The molecule has 3 fully saturated rings. The van der Waals surface area contributed by atoms with Gasteiger partial charge in [-0.25, -0.2) is 15.0 Å². The lowest BCUT2D eigenvalue weighted by Gasteiger charge is -2.43. The van der Waals surface area contributed by atoms with Crippen LogP contribution in [0.5, 0.6) is 17.6 Å². The SMILES string of the molecule is C=CC(=O)N1CCN(c2c(C#N)c(OCC(O)CC)nc3c2CCN(c2cccc4cccc(C)c24)C3)C[C@@H]1CC#N.C=CC(=O)N1CCN(c2c(C#N)c(OCCN(CC)CC)nc3c2CCN(c2cccc4cccc(C)c24)C3)C[C@@H]1CC#N.C=CC(=O)N1CCN(c2c(C#N)c(O[C@H](CC)CN(C)C)nc3c2CCN(c2cccc4cccc(C)c24)C3)C[C@@H]1CC#N. The molecule has 0 aliphatic carbocycles. The van der Waals surface area contributed by atoms with Crippen molar-refractivity contribution in [2.24, 2.45) is 0 Å². The molecule has 9 heterocycles. The first-order valence-electron chi connectivity index (χ1n) is 45.3. The quantitative estimate of drug-likeness (QED) is 0.0467. The number of likely N-dealkylation sites (N-methyl/N-ethyl adjacent to an activating group) is 2. The Hall–Kier alpha value is -13.8. The van der Waals surface area contributed by atoms with Crippen LogP contribution in [0, 0.1) is 88.8 Å². The number of carbonyl (C=O) groups excluding carboxylic acids is 3. The maximum atomic E-state index is 12.6. The minimum atomic E-state index is -0.679. The fourth-order valence-corrected chi connectivity index (χ4v) is 19.3. The van der Waals surface area contributed by atoms with Crippen LogP contribution in [0.3, 0.4) is 0 Å². The summed E-state index contributed by atoms with van der Waals surface area (Å²) >= 11 is 0. The van der Waals surface area contributed by atoms with Gasteiger partial charge in [-0.15, -0.1) is 0 Å². The summed E-state index contributed by atoms with van der Waals surface area (Å²) in [7, 11) is 4.01. The molecule has 6 aromatic carbocycles. The van der Waals surface area contributed by atoms with Gasteiger partial charge in [0, 0.05) is 142 Å². The number of hydrogen-bond donors (Lipinski definition) is 1. The zero-order valence-electron chi connectivity index (χ0n) is 76.5. The van der Waals surface area contributed by atoms with Crippen LogP contribution >= 0.6 is 0 Å². The van der Waals surface area contributed by atoms with Crippen molar-refractivity contribution in [1.82, 2.24) is 39.5 Å². The van der Waals surface area contributed by atoms with Crippen LogP contribution in [0.25, 0.3) is 32.3 Å². The zero-order valence-corrected chi connectivity index (χ0v) is 76.5. The Morgan fingerprint density at radius 2 is 0.808 bits per heavy atom. The van der Waals surface area contributed by atoms with E-state index in [-0.39, 0.29) is 73.7 Å². The molecule has 6 aliphatic rings. The second kappa shape index (κ2) is 43.3. The molecule has 3 aromatic heterocycles. The van der Waals surface area contributed by atoms with Crippen LogP contribution in [0.2, 0.25) is 0 Å². The average Bonchev–Trinajstić information content (AvgIpc) is 0.755. The molecule has 27 nitrogen and oxygen atoms in total. The highest BCUT2D eigenvalue weighted by molar-refractivity contribution is 6.00. The minimum absolute atomic E-state index is 0.0291. The molecular weight excluding hydrogens is 1630 g/mol. The standard InChI is InChI=1S/2C35H41N7O2.C33H36N6O3/c1-6-27(22-39(4)5)44-35-29(20-37)34(41-18-19-42(32(43)7-2)26(21-41)14-16-36)28-15-17-40(23-30(28)38-35)31-13-9-12-25-11-8-10-24(3)33(25)31;1-5-32(43)42-19-18-41(23-27(42)14-16-36)34-28-15-17-40(31-13-9-12-26-11-8-10-25(4)33(26)31)24-30(28)38-35(29(34)22-37)44-21-20-39(6-2)7-3;1-4-25(40)21-42-33-27(18-35)32(38-16-17-39(30(41)5-2)24(19-38)12-14-34)26-13-15-37(20-28(26)36-33)29-11-7-10-23-9-6-8-22(3)31(23)29/h7-13,26-27H,2,6,14-15,17-19,21-23H2,1,3-5H3;5,8-13,27H,1,6-7,14-15,17-21,23-24H2,2-4H3;5-11,24-25,40H,2,4,12-13,15-17,19-21H2,1,3H3/t26-,27+;27-;24-,25?/m000/s1. The summed E-state index contributed by atoms with van der Waals surface area (Å²) in [6, 6.07) is 51.2. The maximum Gasteiger partial charge on any atom is 0.246 e. The lowest BCUT2D eigenvalue weighted by atomic mass is 9.95. The van der Waals surface area contributed by atoms with E-state index in [4.69, 9.17) is 29.2 Å². The number of aromatic nitrogens is 3. The van der Waals surface area contributed by atoms with Gasteiger partial charge in [-0.2, -0.15) is 31.6 Å². The Labute approximate surface area is 764 Å². The first kappa shape index (κ1) is 93.8. The maximum absolute atomic E-state index is 12.6. The number of aryl methyl sites for hydroxylation is 3. The predicted molar refractivity (Wildman–Crippen MR) is 510 cm³/mol. The van der Waals surface area contributed by atoms with Gasteiger partial charge < -0.3 is 73.2 Å². The number of aliphatic hydroxyl groups excluding tert-OH is 1. The molecule has 6 aliphatic heterocycles. The Kier molecular flexibility index (Phi) is 31.3. The average molecular weight is 1750 g/mol. The van der Waals surface area contributed by atoms with Crippen molar-refractivity contribution in [2.45, 2.75) is 150 Å². The van der Waals surface area contributed by atoms with Gasteiger partial charge in [0.05, 0.1) is 115 Å². The Balaban J connectivity index is 0.000000166. The fourth-order valence-electron chi connectivity index (χ4n) is 19.3. The summed E-state index contributed by atoms with van der Waals surface area (Å²) in [4.78, 5) is 75.7. The van der Waals surface area contributed by atoms with Crippen molar-refractivity contribution in [3.63, 3.8) is 0 Å². The lowest BCUT2D eigenvalue weighted by Crippen LogP contribution is -2.55. The highest BCUT2D eigenvalue weighted by atomic mass is 16.5. The predicted octanol–water partition coefficient (Wildman–Crippen LogP) is 13.9. The van der Waals surface area contributed by atoms with Crippen molar-refractivity contribution in [1.29, 1.82) is 31.6 Å². The smallest absolute Gasteiger partial charge is 0.246 e. The van der Waals surface area contributed by atoms with E-state index >= 15 is 0 Å². The number of pyridine rings is 3. The number of hydrogen-bond acceptors (Lipinski definition) is 24. The van der Waals surface area contributed by atoms with E-state index < -0.39 is 6.10 Å². The molecule has 672 valence electrons. The Bertz CT molecular complexity index is 5970. The van der Waals surface area contributed by atoms with Crippen LogP contribution in [0.4, 0.5) is 34.1 Å². The number of rotatable bonds is 27. The van der Waals surface area contributed by atoms with Gasteiger partial charge in [0.1, 0.15) is 54.2 Å². The van der Waals surface area contributed by atoms with Crippen molar-refractivity contribution in [3.8, 4) is 54.1 Å². The number of carbonyl (C=O) groups is 3. The molecule has 0 bridgehead atoms. The molecular formula is C103H118N20O7. The monoisotopic (exact) mass is 1750 g/mol. The first-order chi connectivity index (χ1) is 63.1. The van der Waals surface area contributed by atoms with Gasteiger partial charge in [0.2, 0.25) is 35.4 Å². The Morgan fingerprint density at radius 3 is 1.12 bits per heavy atom. The van der Waals surface area contributed by atoms with Gasteiger partial charge in [-0.1, -0.05) is 138 Å². The summed E-state index contributed by atoms with van der Waals surface area (Å²) in [5.74, 6) is 0.352. The normalized spacial score (nSPS) is 16.9. The molecule has 130 heavy (non-hydrogen) atoms. The third-order valence-electron chi connectivity index (χ3n) is 26.0. The van der Waals surface area contributed by atoms with Crippen LogP contribution in [0.1, 0.15) is 127 Å². The van der Waals surface area contributed by atoms with E-state index in [2.05, 4.69) is 246 Å². The minimum Gasteiger partial charge on any atom is -0.475 e. The first-order valence-corrected chi connectivity index (χ1v) is 45.3. The second-order valence-electron chi connectivity index (χ2n) is 34.2. The number of nitrogens with zero attached hydrogens (tertiary/aromatic N) is 20. The molecule has 5 atom stereocenters. The third-order valence-corrected chi connectivity index (χ3v) is 26.0. The largest absolute Gasteiger partial charge is 0.475 e. The molecule has 1 N–H and O–H groups in total. The van der Waals surface area contributed by atoms with Crippen LogP contribution in [-0.2, 0) is 53.3 Å². The number of fused-ring (bicyclic) bond motifs is 6. The number of nitriles is 6. The van der Waals surface area contributed by atoms with Gasteiger partial charge in [0.15, 0.2) is 0 Å². The van der Waals surface area contributed by atoms with Crippen molar-refractivity contribution in [2.75, 3.05) is 161 Å². The summed E-state index contributed by atoms with van der Waals surface area (Å²) in [6.07, 6.45) is 7.02. The number of amides is 3. The van der Waals surface area contributed by atoms with E-state index in [1.165, 1.54) is 78.6 Å². The van der Waals surface area contributed by atoms with Crippen LogP contribution in [-0.4, -0.2) is 225 Å². The molecule has 9 aromatic rings. The molecule has 3 amide bonds. The van der Waals surface area contributed by atoms with E-state index in [0.29, 0.717) is 146 Å². The number of piperazine rings is 3. The van der Waals surface area contributed by atoms with Crippen molar-refractivity contribution >= 4 is 84.2 Å². The molecule has 0 spiro atoms. The van der Waals surface area contributed by atoms with Gasteiger partial charge >= 0.3 is 0 Å². The lowest BCUT2D eigenvalue weighted by molar-refractivity contribution is -0.129. The molecule has 0 radical (unpaired) electrons. The van der Waals surface area contributed by atoms with Crippen molar-refractivity contribution in [3.05, 3.63) is 214 Å². The second-order valence-corrected chi connectivity index (χ2v) is 34.2. The topological polar surface area (TPSA) is 316 Å². The molecule has 27 heteroatoms. The van der Waals surface area contributed by atoms with Gasteiger partial charge in [0.25, 0.3) is 0 Å². The molecule has 15 rings (SSSR count). The van der Waals surface area contributed by atoms with E-state index in [1.54, 1.807) is 14.7 Å². The van der Waals surface area contributed by atoms with Gasteiger partial charge in [-0.05, 0) is 149 Å². The molecule has 0 saturated carbocycles. The summed E-state index contributed by atoms with van der Waals surface area (Å²) in [6.45, 7) is 37.4. The van der Waals surface area contributed by atoms with Crippen LogP contribution < -0.4 is 43.6 Å². The fraction of sp³-hybridized carbons (Fsp3) is 0.417. The highest BCUT2D eigenvalue weighted by Gasteiger charge is 2.40. The number of ether oxygens (including phenoxy) is 3. The van der Waals surface area contributed by atoms with E-state index in [1.807, 2.05) is 21.0 Å². The number of anilines is 6. The molecule has 3 saturated heterocycles. The summed E-state index contributed by atoms with van der Waals surface area (Å²) in [5.41, 5.74) is 16.4. The van der Waals surface area contributed by atoms with E-state index in [0.717, 1.165) is 102 Å². The van der Waals surface area contributed by atoms with Gasteiger partial charge in [-0.3, -0.25) is 14.4 Å². The highest BCUT2D eigenvalue weighted by Crippen LogP contribution is 2.45. The Morgan fingerprint density at radius 1 is 0.469 bits per heavy atom. The number of benzene rings is 6. The van der Waals surface area contributed by atoms with E-state index in [9.17, 15) is 51.1 Å². The summed E-state index contributed by atoms with van der Waals surface area (Å²) in [5, 5.41) is 77.7.